The summed E-state index contributed by atoms with van der Waals surface area (Å²) >= 11 is 1.52. The first kappa shape index (κ1) is 25.9. The van der Waals surface area contributed by atoms with Gasteiger partial charge >= 0.3 is 0 Å². The van der Waals surface area contributed by atoms with Gasteiger partial charge in [0.2, 0.25) is 0 Å². The fourth-order valence-corrected chi connectivity index (χ4v) is 4.43. The number of carbonyl (C=O) groups excluding carboxylic acids is 1. The van der Waals surface area contributed by atoms with Crippen LogP contribution >= 0.6 is 23.7 Å². The second-order valence-corrected chi connectivity index (χ2v) is 8.55. The van der Waals surface area contributed by atoms with Crippen LogP contribution in [0.5, 0.6) is 5.75 Å². The molecule has 8 heteroatoms. The van der Waals surface area contributed by atoms with E-state index in [9.17, 15) is 4.79 Å². The Morgan fingerprint density at radius 3 is 2.28 bits per heavy atom. The molecule has 0 aliphatic rings. The third kappa shape index (κ3) is 6.12. The Morgan fingerprint density at radius 1 is 1.00 bits per heavy atom. The van der Waals surface area contributed by atoms with Gasteiger partial charge in [-0.1, -0.05) is 11.3 Å². The van der Waals surface area contributed by atoms with Gasteiger partial charge in [-0.15, -0.1) is 12.4 Å². The number of benzene rings is 2. The molecule has 0 aliphatic carbocycles. The number of amides is 1. The number of hydrogen-bond donors (Lipinski definition) is 0. The summed E-state index contributed by atoms with van der Waals surface area (Å²) in [5.41, 5.74) is 2.68. The van der Waals surface area contributed by atoms with Crippen molar-refractivity contribution in [1.82, 2.24) is 9.88 Å². The van der Waals surface area contributed by atoms with Crippen molar-refractivity contribution in [3.8, 4) is 5.75 Å². The normalized spacial score (nSPS) is 10.8. The van der Waals surface area contributed by atoms with Crippen LogP contribution in [0.15, 0.2) is 42.5 Å². The van der Waals surface area contributed by atoms with E-state index in [1.165, 1.54) is 11.3 Å². The lowest BCUT2D eigenvalue weighted by Gasteiger charge is -2.23. The number of likely N-dealkylation sites (N-methyl/N-ethyl adjacent to an activating group) is 1. The van der Waals surface area contributed by atoms with Gasteiger partial charge < -0.3 is 14.5 Å². The van der Waals surface area contributed by atoms with Crippen LogP contribution in [0.4, 0.5) is 10.8 Å². The summed E-state index contributed by atoms with van der Waals surface area (Å²) in [7, 11) is 4.02. The number of nitrogens with zero attached hydrogens (tertiary/aromatic N) is 4. The van der Waals surface area contributed by atoms with Gasteiger partial charge in [-0.3, -0.25) is 9.69 Å². The first-order valence-corrected chi connectivity index (χ1v) is 11.6. The Bertz CT molecular complexity index is 1000. The van der Waals surface area contributed by atoms with Crippen LogP contribution in [0, 0.1) is 0 Å². The molecule has 0 saturated heterocycles. The number of anilines is 2. The highest BCUT2D eigenvalue weighted by Gasteiger charge is 2.22. The largest absolute Gasteiger partial charge is 0.494 e. The van der Waals surface area contributed by atoms with E-state index in [0.717, 1.165) is 41.3 Å². The summed E-state index contributed by atoms with van der Waals surface area (Å²) in [6, 6.07) is 13.8. The van der Waals surface area contributed by atoms with Gasteiger partial charge in [0.1, 0.15) is 5.75 Å². The molecule has 174 valence electrons. The number of ether oxygens (including phenoxy) is 1. The smallest absolute Gasteiger partial charge is 0.260 e. The standard InChI is InChI=1S/C24H32N4O2S.ClH/c1-6-27(7-2)19-11-9-18(10-12-19)23(29)28(16-15-26(4)5)24-25-21-14-13-20(30-8-3)17-22(21)31-24;/h9-14,17H,6-8,15-16H2,1-5H3;1H. The molecule has 32 heavy (non-hydrogen) atoms. The zero-order valence-corrected chi connectivity index (χ0v) is 21.1. The van der Waals surface area contributed by atoms with Crippen molar-refractivity contribution in [2.75, 3.05) is 56.7 Å². The van der Waals surface area contributed by atoms with Crippen molar-refractivity contribution in [2.45, 2.75) is 20.8 Å². The molecule has 1 aromatic heterocycles. The van der Waals surface area contributed by atoms with Crippen LogP contribution in [-0.2, 0) is 0 Å². The van der Waals surface area contributed by atoms with Gasteiger partial charge in [-0.25, -0.2) is 4.98 Å². The summed E-state index contributed by atoms with van der Waals surface area (Å²) in [4.78, 5) is 24.3. The summed E-state index contributed by atoms with van der Waals surface area (Å²) in [6.45, 7) is 10.1. The van der Waals surface area contributed by atoms with Crippen molar-refractivity contribution in [1.29, 1.82) is 0 Å². The molecular formula is C24H33ClN4O2S. The first-order chi connectivity index (χ1) is 15.0. The fraction of sp³-hybridized carbons (Fsp3) is 0.417. The summed E-state index contributed by atoms with van der Waals surface area (Å²) in [5, 5.41) is 0.711. The number of carbonyl (C=O) groups is 1. The minimum absolute atomic E-state index is 0. The molecule has 6 nitrogen and oxygen atoms in total. The third-order valence-electron chi connectivity index (χ3n) is 5.15. The minimum Gasteiger partial charge on any atom is -0.494 e. The van der Waals surface area contributed by atoms with E-state index >= 15 is 0 Å². The minimum atomic E-state index is -0.0305. The van der Waals surface area contributed by atoms with E-state index in [0.29, 0.717) is 23.8 Å². The van der Waals surface area contributed by atoms with Gasteiger partial charge in [0, 0.05) is 37.4 Å². The average molecular weight is 477 g/mol. The number of rotatable bonds is 10. The first-order valence-electron chi connectivity index (χ1n) is 10.8. The topological polar surface area (TPSA) is 48.9 Å². The second-order valence-electron chi connectivity index (χ2n) is 7.54. The maximum atomic E-state index is 13.5. The zero-order valence-electron chi connectivity index (χ0n) is 19.5. The predicted molar refractivity (Wildman–Crippen MR) is 138 cm³/mol. The lowest BCUT2D eigenvalue weighted by Crippen LogP contribution is -2.36. The zero-order chi connectivity index (χ0) is 22.4. The Morgan fingerprint density at radius 2 is 1.69 bits per heavy atom. The lowest BCUT2D eigenvalue weighted by atomic mass is 10.1. The molecule has 3 aromatic rings. The van der Waals surface area contributed by atoms with Crippen molar-refractivity contribution >= 4 is 50.7 Å². The molecule has 0 spiro atoms. The van der Waals surface area contributed by atoms with E-state index < -0.39 is 0 Å². The maximum Gasteiger partial charge on any atom is 0.260 e. The highest BCUT2D eigenvalue weighted by molar-refractivity contribution is 7.22. The lowest BCUT2D eigenvalue weighted by molar-refractivity contribution is 0.0985. The molecule has 1 heterocycles. The molecule has 0 atom stereocenters. The van der Waals surface area contributed by atoms with E-state index in [4.69, 9.17) is 9.72 Å². The molecule has 0 saturated carbocycles. The van der Waals surface area contributed by atoms with Crippen LogP contribution in [0.1, 0.15) is 31.1 Å². The molecule has 0 bridgehead atoms. The molecule has 0 unspecified atom stereocenters. The predicted octanol–water partition coefficient (Wildman–Crippen LogP) is 5.17. The summed E-state index contributed by atoms with van der Waals surface area (Å²) < 4.78 is 6.63. The van der Waals surface area contributed by atoms with E-state index in [2.05, 4.69) is 23.6 Å². The molecule has 0 radical (unpaired) electrons. The van der Waals surface area contributed by atoms with Crippen LogP contribution in [-0.4, -0.2) is 62.7 Å². The SMILES string of the molecule is CCOc1ccc2nc(N(CCN(C)C)C(=O)c3ccc(N(CC)CC)cc3)sc2c1.Cl. The van der Waals surface area contributed by atoms with Crippen LogP contribution in [0.3, 0.4) is 0 Å². The number of fused-ring (bicyclic) bond motifs is 1. The van der Waals surface area contributed by atoms with E-state index in [-0.39, 0.29) is 18.3 Å². The van der Waals surface area contributed by atoms with Gasteiger partial charge in [0.05, 0.1) is 16.8 Å². The van der Waals surface area contributed by atoms with E-state index in [1.54, 1.807) is 4.90 Å². The molecular weight excluding hydrogens is 444 g/mol. The van der Waals surface area contributed by atoms with Crippen molar-refractivity contribution in [2.24, 2.45) is 0 Å². The Kier molecular flexibility index (Phi) is 9.75. The molecule has 0 fully saturated rings. The number of hydrogen-bond acceptors (Lipinski definition) is 6. The van der Waals surface area contributed by atoms with Crippen molar-refractivity contribution in [3.05, 3.63) is 48.0 Å². The molecule has 0 aliphatic heterocycles. The number of aromatic nitrogens is 1. The second kappa shape index (κ2) is 12.0. The maximum absolute atomic E-state index is 13.5. The van der Waals surface area contributed by atoms with Gasteiger partial charge in [-0.05, 0) is 77.3 Å². The van der Waals surface area contributed by atoms with Crippen LogP contribution in [0.2, 0.25) is 0 Å². The van der Waals surface area contributed by atoms with E-state index in [1.807, 2.05) is 63.5 Å². The van der Waals surface area contributed by atoms with Gasteiger partial charge in [0.15, 0.2) is 5.13 Å². The quantitative estimate of drug-likeness (QED) is 0.404. The molecule has 1 amide bonds. The Balaban J connectivity index is 0.00000363. The van der Waals surface area contributed by atoms with Crippen LogP contribution in [0.25, 0.3) is 10.2 Å². The summed E-state index contributed by atoms with van der Waals surface area (Å²) in [5.74, 6) is 0.792. The average Bonchev–Trinajstić information content (AvgIpc) is 3.18. The highest BCUT2D eigenvalue weighted by Crippen LogP contribution is 2.32. The number of thiazole rings is 1. The monoisotopic (exact) mass is 476 g/mol. The fourth-order valence-electron chi connectivity index (χ4n) is 3.41. The van der Waals surface area contributed by atoms with Crippen LogP contribution < -0.4 is 14.5 Å². The Labute approximate surface area is 201 Å². The third-order valence-corrected chi connectivity index (χ3v) is 6.19. The Hall–Kier alpha value is -2.35. The summed E-state index contributed by atoms with van der Waals surface area (Å²) in [6.07, 6.45) is 0. The number of halogens is 1. The molecule has 3 rings (SSSR count). The van der Waals surface area contributed by atoms with Crippen molar-refractivity contribution in [3.63, 3.8) is 0 Å². The van der Waals surface area contributed by atoms with Gasteiger partial charge in [0.25, 0.3) is 5.91 Å². The molecule has 0 N–H and O–H groups in total. The molecule has 2 aromatic carbocycles. The highest BCUT2D eigenvalue weighted by atomic mass is 35.5. The van der Waals surface area contributed by atoms with Crippen molar-refractivity contribution < 1.29 is 9.53 Å². The van der Waals surface area contributed by atoms with Gasteiger partial charge in [-0.2, -0.15) is 0 Å².